The average Bonchev–Trinajstić information content (AvgIpc) is 2.99. The highest BCUT2D eigenvalue weighted by atomic mass is 35.5. The van der Waals surface area contributed by atoms with Crippen LogP contribution in [0.3, 0.4) is 0 Å². The highest BCUT2D eigenvalue weighted by Gasteiger charge is 2.40. The second-order valence-electron chi connectivity index (χ2n) is 8.77. The third-order valence-electron chi connectivity index (χ3n) is 5.68. The Morgan fingerprint density at radius 3 is 2.75 bits per heavy atom. The Hall–Kier alpha value is -1.63. The van der Waals surface area contributed by atoms with Gasteiger partial charge in [-0.05, 0) is 50.8 Å². The summed E-state index contributed by atoms with van der Waals surface area (Å²) in [6.07, 6.45) is 5.14. The molecule has 7 heteroatoms. The quantitative estimate of drug-likeness (QED) is 0.233. The maximum absolute atomic E-state index is 14.5. The van der Waals surface area contributed by atoms with Crippen LogP contribution in [0.5, 0.6) is 5.75 Å². The normalized spacial score (nSPS) is 24.2. The fourth-order valence-electron chi connectivity index (χ4n) is 4.11. The largest absolute Gasteiger partial charge is 0.491 e. The lowest BCUT2D eigenvalue weighted by Crippen LogP contribution is -2.21. The van der Waals surface area contributed by atoms with Crippen molar-refractivity contribution in [3.05, 3.63) is 41.4 Å². The molecule has 1 aromatic carbocycles. The molecule has 0 amide bonds. The van der Waals surface area contributed by atoms with Crippen LogP contribution in [0.25, 0.3) is 0 Å². The molecule has 2 rings (SSSR count). The van der Waals surface area contributed by atoms with E-state index in [0.29, 0.717) is 23.6 Å². The summed E-state index contributed by atoms with van der Waals surface area (Å²) in [6.45, 7) is 3.70. The number of carbonyl (C=O) groups is 1. The molecule has 5 atom stereocenters. The van der Waals surface area contributed by atoms with Crippen LogP contribution in [0.4, 0.5) is 4.39 Å². The molecule has 2 N–H and O–H groups in total. The van der Waals surface area contributed by atoms with E-state index in [-0.39, 0.29) is 31.0 Å². The van der Waals surface area contributed by atoms with E-state index in [9.17, 15) is 19.4 Å². The molecule has 1 saturated carbocycles. The predicted molar refractivity (Wildman–Crippen MR) is 124 cm³/mol. The Labute approximate surface area is 195 Å². The highest BCUT2D eigenvalue weighted by molar-refractivity contribution is 6.30. The first-order valence-electron chi connectivity index (χ1n) is 11.5. The van der Waals surface area contributed by atoms with Crippen LogP contribution in [-0.2, 0) is 9.53 Å². The summed E-state index contributed by atoms with van der Waals surface area (Å²) in [5.41, 5.74) is 0. The van der Waals surface area contributed by atoms with Gasteiger partial charge >= 0.3 is 5.97 Å². The molecule has 0 bridgehead atoms. The summed E-state index contributed by atoms with van der Waals surface area (Å²) >= 11 is 5.91. The Bertz CT molecular complexity index is 726. The van der Waals surface area contributed by atoms with Gasteiger partial charge in [-0.15, -0.1) is 0 Å². The highest BCUT2D eigenvalue weighted by Crippen LogP contribution is 2.39. The SMILES string of the molecule is CC(C)OC(=O)CCCCCC[C@@H]1[C@@H](/C=C/[C@@H](O)COc2cccc(Cl)c2)[C@@H](F)C[C@@H]1O. The van der Waals surface area contributed by atoms with Crippen molar-refractivity contribution in [2.75, 3.05) is 6.61 Å². The number of halogens is 2. The smallest absolute Gasteiger partial charge is 0.306 e. The molecule has 5 nitrogen and oxygen atoms in total. The lowest BCUT2D eigenvalue weighted by atomic mass is 9.88. The van der Waals surface area contributed by atoms with Crippen molar-refractivity contribution in [1.29, 1.82) is 0 Å². The number of aliphatic hydroxyl groups excluding tert-OH is 2. The van der Waals surface area contributed by atoms with Gasteiger partial charge in [0.15, 0.2) is 0 Å². The summed E-state index contributed by atoms with van der Waals surface area (Å²) in [4.78, 5) is 11.5. The molecule has 0 spiro atoms. The Balaban J connectivity index is 1.73. The van der Waals surface area contributed by atoms with Crippen LogP contribution in [0.1, 0.15) is 58.8 Å². The van der Waals surface area contributed by atoms with Gasteiger partial charge in [0.2, 0.25) is 0 Å². The number of unbranched alkanes of at least 4 members (excludes halogenated alkanes) is 3. The molecule has 0 saturated heterocycles. The van der Waals surface area contributed by atoms with Crippen LogP contribution in [0.15, 0.2) is 36.4 Å². The van der Waals surface area contributed by atoms with E-state index in [1.54, 1.807) is 36.4 Å². The van der Waals surface area contributed by atoms with Crippen molar-refractivity contribution in [1.82, 2.24) is 0 Å². The molecule has 0 heterocycles. The fraction of sp³-hybridized carbons (Fsp3) is 0.640. The minimum atomic E-state index is -1.13. The third kappa shape index (κ3) is 9.47. The second-order valence-corrected chi connectivity index (χ2v) is 9.21. The van der Waals surface area contributed by atoms with Gasteiger partial charge in [-0.2, -0.15) is 0 Å². The molecule has 0 radical (unpaired) electrons. The Morgan fingerprint density at radius 1 is 1.28 bits per heavy atom. The first-order valence-corrected chi connectivity index (χ1v) is 11.9. The first-order chi connectivity index (χ1) is 15.3. The van der Waals surface area contributed by atoms with E-state index >= 15 is 0 Å². The molecule has 1 aliphatic carbocycles. The number of carbonyl (C=O) groups excluding carboxylic acids is 1. The topological polar surface area (TPSA) is 76.0 Å². The van der Waals surface area contributed by atoms with Crippen LogP contribution in [-0.4, -0.2) is 47.3 Å². The zero-order valence-electron chi connectivity index (χ0n) is 19.0. The summed E-state index contributed by atoms with van der Waals surface area (Å²) in [5.74, 6) is -0.213. The molecule has 1 aliphatic rings. The number of rotatable bonds is 13. The van der Waals surface area contributed by atoms with Gasteiger partial charge in [0, 0.05) is 23.8 Å². The van der Waals surface area contributed by atoms with Gasteiger partial charge in [-0.3, -0.25) is 4.79 Å². The molecular formula is C25H36ClFO5. The van der Waals surface area contributed by atoms with Crippen molar-refractivity contribution >= 4 is 17.6 Å². The Morgan fingerprint density at radius 2 is 2.03 bits per heavy atom. The van der Waals surface area contributed by atoms with Crippen molar-refractivity contribution < 1.29 is 28.9 Å². The van der Waals surface area contributed by atoms with E-state index in [2.05, 4.69) is 0 Å². The van der Waals surface area contributed by atoms with Gasteiger partial charge in [-0.1, -0.05) is 49.1 Å². The molecule has 0 unspecified atom stereocenters. The van der Waals surface area contributed by atoms with Gasteiger partial charge in [0.25, 0.3) is 0 Å². The monoisotopic (exact) mass is 470 g/mol. The van der Waals surface area contributed by atoms with Crippen molar-refractivity contribution in [2.45, 2.75) is 83.3 Å². The molecule has 0 aliphatic heterocycles. The number of alkyl halides is 1. The standard InChI is InChI=1S/C25H36ClFO5/c1-17(2)32-25(30)11-6-4-3-5-10-22-21(23(27)15-24(22)29)13-12-19(28)16-31-20-9-7-8-18(26)14-20/h7-9,12-14,17,19,21-24,28-29H,3-6,10-11,15-16H2,1-2H3/b13-12+/t19-,21-,22-,23+,24+/m1/s1. The maximum atomic E-state index is 14.5. The molecule has 1 fully saturated rings. The zero-order valence-corrected chi connectivity index (χ0v) is 19.7. The molecular weight excluding hydrogens is 435 g/mol. The van der Waals surface area contributed by atoms with Gasteiger partial charge in [0.1, 0.15) is 24.6 Å². The van der Waals surface area contributed by atoms with Crippen LogP contribution >= 0.6 is 11.6 Å². The van der Waals surface area contributed by atoms with Gasteiger partial charge in [-0.25, -0.2) is 4.39 Å². The van der Waals surface area contributed by atoms with E-state index in [4.69, 9.17) is 21.1 Å². The fourth-order valence-corrected chi connectivity index (χ4v) is 4.29. The van der Waals surface area contributed by atoms with E-state index in [1.165, 1.54) is 0 Å². The minimum Gasteiger partial charge on any atom is -0.491 e. The van der Waals surface area contributed by atoms with Crippen LogP contribution in [0.2, 0.25) is 5.02 Å². The average molecular weight is 471 g/mol. The Kier molecular flexibility index (Phi) is 11.5. The lowest BCUT2D eigenvalue weighted by molar-refractivity contribution is -0.147. The molecule has 0 aromatic heterocycles. The summed E-state index contributed by atoms with van der Waals surface area (Å²) in [5, 5.41) is 21.0. The summed E-state index contributed by atoms with van der Waals surface area (Å²) < 4.78 is 25.1. The number of hydrogen-bond donors (Lipinski definition) is 2. The zero-order chi connectivity index (χ0) is 23.5. The minimum absolute atomic E-state index is 0.0347. The number of aliphatic hydroxyl groups is 2. The summed E-state index contributed by atoms with van der Waals surface area (Å²) in [6, 6.07) is 6.90. The number of ether oxygens (including phenoxy) is 2. The number of allylic oxidation sites excluding steroid dienone is 1. The van der Waals surface area contributed by atoms with Crippen molar-refractivity contribution in [2.24, 2.45) is 11.8 Å². The third-order valence-corrected chi connectivity index (χ3v) is 5.92. The number of benzene rings is 1. The lowest BCUT2D eigenvalue weighted by Gasteiger charge is -2.20. The molecule has 1 aromatic rings. The van der Waals surface area contributed by atoms with Gasteiger partial charge < -0.3 is 19.7 Å². The van der Waals surface area contributed by atoms with Crippen molar-refractivity contribution in [3.63, 3.8) is 0 Å². The van der Waals surface area contributed by atoms with E-state index in [0.717, 1.165) is 25.7 Å². The molecule has 180 valence electrons. The first kappa shape index (κ1) is 26.6. The van der Waals surface area contributed by atoms with Crippen LogP contribution in [0, 0.1) is 11.8 Å². The maximum Gasteiger partial charge on any atom is 0.306 e. The van der Waals surface area contributed by atoms with Crippen LogP contribution < -0.4 is 4.74 Å². The number of esters is 1. The van der Waals surface area contributed by atoms with E-state index < -0.39 is 24.3 Å². The van der Waals surface area contributed by atoms with Gasteiger partial charge in [0.05, 0.1) is 12.2 Å². The van der Waals surface area contributed by atoms with E-state index in [1.807, 2.05) is 13.8 Å². The molecule has 32 heavy (non-hydrogen) atoms. The number of hydrogen-bond acceptors (Lipinski definition) is 5. The second kappa shape index (κ2) is 13.8. The summed E-state index contributed by atoms with van der Waals surface area (Å²) in [7, 11) is 0. The predicted octanol–water partition coefficient (Wildman–Crippen LogP) is 5.26. The van der Waals surface area contributed by atoms with Crippen molar-refractivity contribution in [3.8, 4) is 5.75 Å².